The molecule has 0 radical (unpaired) electrons. The van der Waals surface area contributed by atoms with E-state index in [0.29, 0.717) is 13.2 Å². The van der Waals surface area contributed by atoms with Crippen LogP contribution in [0.25, 0.3) is 11.1 Å². The lowest BCUT2D eigenvalue weighted by atomic mass is 10.1. The van der Waals surface area contributed by atoms with Gasteiger partial charge in [-0.2, -0.15) is 0 Å². The summed E-state index contributed by atoms with van der Waals surface area (Å²) in [5, 5.41) is 0. The molecule has 0 aromatic heterocycles. The average Bonchev–Trinajstić information content (AvgIpc) is 2.69. The minimum Gasteiger partial charge on any atom is -0.494 e. The Hall–Kier alpha value is -1.70. The van der Waals surface area contributed by atoms with E-state index in [9.17, 15) is 0 Å². The molecule has 0 fully saturated rings. The second kappa shape index (κ2) is 10.3. The van der Waals surface area contributed by atoms with E-state index in [2.05, 4.69) is 24.3 Å². The molecule has 0 spiro atoms. The van der Waals surface area contributed by atoms with Gasteiger partial charge >= 0.3 is 9.05 Å². The summed E-state index contributed by atoms with van der Waals surface area (Å²) in [7, 11) is 1.67. The van der Waals surface area contributed by atoms with E-state index >= 15 is 0 Å². The lowest BCUT2D eigenvalue weighted by Gasteiger charge is -2.22. The minimum absolute atomic E-state index is 0.512. The second-order valence-electron chi connectivity index (χ2n) is 5.41. The van der Waals surface area contributed by atoms with E-state index in [4.69, 9.17) is 22.4 Å². The molecular weight excluding hydrogens is 336 g/mol. The Morgan fingerprint density at radius 3 is 1.84 bits per heavy atom. The van der Waals surface area contributed by atoms with Gasteiger partial charge < -0.3 is 22.4 Å². The fraction of sp³-hybridized carbons (Fsp3) is 0.368. The normalized spacial score (nSPS) is 11.5. The number of hydrogen-bond acceptors (Lipinski definition) is 5. The topological polar surface area (TPSA) is 46.2 Å². The standard InChI is InChI=1S/C19H26O5Si/c1-20-25(21-2,22-3)24-16-8-7-15-23-19-13-11-18(12-14-19)17-9-5-4-6-10-17/h4-6,9-14H,7-8,15-16H2,1-3H3. The van der Waals surface area contributed by atoms with Crippen molar-refractivity contribution in [3.05, 3.63) is 54.6 Å². The number of ether oxygens (including phenoxy) is 1. The molecule has 0 atom stereocenters. The quantitative estimate of drug-likeness (QED) is 0.448. The van der Waals surface area contributed by atoms with Crippen LogP contribution in [0.15, 0.2) is 54.6 Å². The summed E-state index contributed by atoms with van der Waals surface area (Å²) in [6.45, 7) is 1.15. The van der Waals surface area contributed by atoms with E-state index in [1.54, 1.807) is 0 Å². The van der Waals surface area contributed by atoms with E-state index in [-0.39, 0.29) is 0 Å². The van der Waals surface area contributed by atoms with Crippen LogP contribution in [0, 0.1) is 0 Å². The maximum absolute atomic E-state index is 5.77. The van der Waals surface area contributed by atoms with E-state index in [1.165, 1.54) is 32.5 Å². The fourth-order valence-electron chi connectivity index (χ4n) is 2.39. The Morgan fingerprint density at radius 2 is 1.24 bits per heavy atom. The van der Waals surface area contributed by atoms with Crippen LogP contribution in [0.5, 0.6) is 5.75 Å². The predicted molar refractivity (Wildman–Crippen MR) is 99.3 cm³/mol. The van der Waals surface area contributed by atoms with Gasteiger partial charge in [0.1, 0.15) is 5.75 Å². The monoisotopic (exact) mass is 362 g/mol. The predicted octanol–water partition coefficient (Wildman–Crippen LogP) is 3.90. The van der Waals surface area contributed by atoms with Gasteiger partial charge in [-0.3, -0.25) is 0 Å². The lowest BCUT2D eigenvalue weighted by Crippen LogP contribution is -2.46. The fourth-order valence-corrected chi connectivity index (χ4v) is 3.64. The molecule has 0 aliphatic carbocycles. The van der Waals surface area contributed by atoms with E-state index in [1.807, 2.05) is 30.3 Å². The molecule has 0 heterocycles. The summed E-state index contributed by atoms with van der Waals surface area (Å²) in [6.07, 6.45) is 1.72. The van der Waals surface area contributed by atoms with Crippen LogP contribution in [-0.2, 0) is 17.7 Å². The Kier molecular flexibility index (Phi) is 8.10. The lowest BCUT2D eigenvalue weighted by molar-refractivity contribution is 0.00465. The van der Waals surface area contributed by atoms with Crippen LogP contribution in [0.4, 0.5) is 0 Å². The molecule has 0 aliphatic rings. The van der Waals surface area contributed by atoms with Gasteiger partial charge in [0.2, 0.25) is 0 Å². The third-order valence-corrected chi connectivity index (χ3v) is 5.86. The van der Waals surface area contributed by atoms with Gasteiger partial charge in [-0.05, 0) is 36.1 Å². The van der Waals surface area contributed by atoms with Crippen LogP contribution >= 0.6 is 0 Å². The van der Waals surface area contributed by atoms with Crippen molar-refractivity contribution in [2.75, 3.05) is 34.5 Å². The number of rotatable bonds is 11. The maximum Gasteiger partial charge on any atom is 0.678 e. The van der Waals surface area contributed by atoms with E-state index in [0.717, 1.165) is 18.6 Å². The van der Waals surface area contributed by atoms with Crippen LogP contribution in [0.2, 0.25) is 0 Å². The SMILES string of the molecule is CO[Si](OC)(OC)OCCCCOc1ccc(-c2ccccc2)cc1. The zero-order valence-corrected chi connectivity index (χ0v) is 16.1. The third-order valence-electron chi connectivity index (χ3n) is 3.80. The van der Waals surface area contributed by atoms with Gasteiger partial charge in [0.25, 0.3) is 0 Å². The number of benzene rings is 2. The maximum atomic E-state index is 5.77. The molecule has 0 bridgehead atoms. The number of unbranched alkanes of at least 4 members (excludes halogenated alkanes) is 1. The highest BCUT2D eigenvalue weighted by atomic mass is 28.4. The molecule has 2 aromatic rings. The highest BCUT2D eigenvalue weighted by Crippen LogP contribution is 2.22. The summed E-state index contributed by atoms with van der Waals surface area (Å²) in [5.41, 5.74) is 2.38. The zero-order chi connectivity index (χ0) is 18.0. The summed E-state index contributed by atoms with van der Waals surface area (Å²) < 4.78 is 27.0. The van der Waals surface area contributed by atoms with Crippen molar-refractivity contribution in [2.24, 2.45) is 0 Å². The highest BCUT2D eigenvalue weighted by Gasteiger charge is 2.41. The van der Waals surface area contributed by atoms with Crippen molar-refractivity contribution in [1.29, 1.82) is 0 Å². The van der Waals surface area contributed by atoms with Crippen molar-refractivity contribution in [3.63, 3.8) is 0 Å². The van der Waals surface area contributed by atoms with Crippen LogP contribution < -0.4 is 4.74 Å². The van der Waals surface area contributed by atoms with Gasteiger partial charge in [0.15, 0.2) is 0 Å². The van der Waals surface area contributed by atoms with Gasteiger partial charge in [-0.25, -0.2) is 0 Å². The Labute approximate surface area is 150 Å². The van der Waals surface area contributed by atoms with Crippen molar-refractivity contribution >= 4 is 9.05 Å². The highest BCUT2D eigenvalue weighted by molar-refractivity contribution is 6.53. The third kappa shape index (κ3) is 5.95. The molecule has 2 rings (SSSR count). The van der Waals surface area contributed by atoms with Crippen molar-refractivity contribution in [2.45, 2.75) is 12.8 Å². The van der Waals surface area contributed by atoms with Crippen LogP contribution in [0.3, 0.4) is 0 Å². The zero-order valence-electron chi connectivity index (χ0n) is 15.1. The molecule has 136 valence electrons. The molecule has 0 N–H and O–H groups in total. The Bertz CT molecular complexity index is 591. The minimum atomic E-state index is -2.92. The molecule has 0 saturated carbocycles. The first-order valence-electron chi connectivity index (χ1n) is 8.30. The van der Waals surface area contributed by atoms with Gasteiger partial charge in [0, 0.05) is 27.9 Å². The summed E-state index contributed by atoms with van der Waals surface area (Å²) in [5.74, 6) is 0.870. The molecule has 2 aromatic carbocycles. The first kappa shape index (κ1) is 19.6. The molecule has 6 heteroatoms. The molecule has 25 heavy (non-hydrogen) atoms. The Balaban J connectivity index is 1.69. The molecule has 0 amide bonds. The van der Waals surface area contributed by atoms with Crippen molar-refractivity contribution in [3.8, 4) is 16.9 Å². The van der Waals surface area contributed by atoms with Crippen LogP contribution in [0.1, 0.15) is 12.8 Å². The smallest absolute Gasteiger partial charge is 0.494 e. The number of hydrogen-bond donors (Lipinski definition) is 0. The summed E-state index contributed by atoms with van der Waals surface area (Å²) in [4.78, 5) is 0. The van der Waals surface area contributed by atoms with Crippen molar-refractivity contribution in [1.82, 2.24) is 0 Å². The molecule has 0 saturated heterocycles. The molecule has 5 nitrogen and oxygen atoms in total. The second-order valence-corrected chi connectivity index (χ2v) is 7.92. The summed E-state index contributed by atoms with van der Waals surface area (Å²) in [6, 6.07) is 18.4. The average molecular weight is 362 g/mol. The first-order valence-corrected chi connectivity index (χ1v) is 9.94. The van der Waals surface area contributed by atoms with Crippen LogP contribution in [-0.4, -0.2) is 43.6 Å². The molecule has 0 aliphatic heterocycles. The van der Waals surface area contributed by atoms with Gasteiger partial charge in [-0.1, -0.05) is 42.5 Å². The summed E-state index contributed by atoms with van der Waals surface area (Å²) >= 11 is 0. The van der Waals surface area contributed by atoms with Gasteiger partial charge in [0.05, 0.1) is 6.61 Å². The largest absolute Gasteiger partial charge is 0.678 e. The van der Waals surface area contributed by atoms with Crippen molar-refractivity contribution < 1.29 is 22.4 Å². The van der Waals surface area contributed by atoms with Gasteiger partial charge in [-0.15, -0.1) is 0 Å². The molecule has 0 unspecified atom stereocenters. The first-order chi connectivity index (χ1) is 12.2. The van der Waals surface area contributed by atoms with E-state index < -0.39 is 9.05 Å². The Morgan fingerprint density at radius 1 is 0.680 bits per heavy atom. The molecular formula is C19H26O5Si.